The minimum Gasteiger partial charge on any atom is -0.481 e. The smallest absolute Gasteiger partial charge is 0.307 e. The van der Waals surface area contributed by atoms with E-state index >= 15 is 0 Å². The van der Waals surface area contributed by atoms with Crippen LogP contribution < -0.4 is 0 Å². The van der Waals surface area contributed by atoms with E-state index in [4.69, 9.17) is 28.3 Å². The Hall–Kier alpha value is -1.52. The summed E-state index contributed by atoms with van der Waals surface area (Å²) >= 11 is 12.0. The molecule has 1 aromatic heterocycles. The van der Waals surface area contributed by atoms with Gasteiger partial charge in [0.2, 0.25) is 0 Å². The summed E-state index contributed by atoms with van der Waals surface area (Å²) in [6.45, 7) is 0.632. The van der Waals surface area contributed by atoms with E-state index in [9.17, 15) is 4.79 Å². The molecule has 1 saturated carbocycles. The van der Waals surface area contributed by atoms with Gasteiger partial charge in [0.15, 0.2) is 0 Å². The molecule has 2 atom stereocenters. The number of imidazole rings is 1. The lowest BCUT2D eigenvalue weighted by Gasteiger charge is -2.07. The highest BCUT2D eigenvalue weighted by Gasteiger charge is 2.45. The fraction of sp³-hybridized carbons (Fsp3) is 0.286. The normalized spacial score (nSPS) is 20.9. The molecule has 1 aromatic carbocycles. The molecular weight excluding hydrogens is 299 g/mol. The van der Waals surface area contributed by atoms with Crippen LogP contribution in [0.5, 0.6) is 0 Å². The minimum absolute atomic E-state index is 0.0525. The number of nitrogens with zero attached hydrogens (tertiary/aromatic N) is 2. The molecule has 0 aliphatic heterocycles. The van der Waals surface area contributed by atoms with Crippen LogP contribution in [-0.4, -0.2) is 20.6 Å². The first kappa shape index (κ1) is 13.5. The molecule has 1 fully saturated rings. The van der Waals surface area contributed by atoms with Gasteiger partial charge in [0.1, 0.15) is 5.15 Å². The van der Waals surface area contributed by atoms with Crippen molar-refractivity contribution in [2.24, 2.45) is 5.92 Å². The van der Waals surface area contributed by atoms with Gasteiger partial charge < -0.3 is 9.67 Å². The summed E-state index contributed by atoms with van der Waals surface area (Å²) in [5, 5.41) is 10.0. The number of hydrogen-bond donors (Lipinski definition) is 1. The van der Waals surface area contributed by atoms with Crippen LogP contribution in [-0.2, 0) is 11.3 Å². The third kappa shape index (κ3) is 2.67. The fourth-order valence-electron chi connectivity index (χ4n) is 2.41. The second-order valence-corrected chi connectivity index (χ2v) is 5.81. The zero-order chi connectivity index (χ0) is 14.3. The molecule has 4 nitrogen and oxygen atoms in total. The molecule has 1 aliphatic rings. The Labute approximate surface area is 126 Å². The van der Waals surface area contributed by atoms with E-state index in [0.717, 1.165) is 11.1 Å². The predicted octanol–water partition coefficient (Wildman–Crippen LogP) is 3.43. The molecule has 1 aliphatic carbocycles. The van der Waals surface area contributed by atoms with Crippen LogP contribution in [0.4, 0.5) is 0 Å². The van der Waals surface area contributed by atoms with E-state index in [1.807, 2.05) is 22.8 Å². The van der Waals surface area contributed by atoms with Crippen LogP contribution in [0.2, 0.25) is 10.2 Å². The zero-order valence-corrected chi connectivity index (χ0v) is 12.0. The molecule has 104 valence electrons. The molecule has 1 heterocycles. The van der Waals surface area contributed by atoms with Crippen molar-refractivity contribution in [2.75, 3.05) is 0 Å². The molecule has 0 bridgehead atoms. The fourth-order valence-corrected chi connectivity index (χ4v) is 2.92. The molecule has 3 rings (SSSR count). The lowest BCUT2D eigenvalue weighted by molar-refractivity contribution is -0.138. The number of rotatable bonds is 4. The van der Waals surface area contributed by atoms with Gasteiger partial charge in [0, 0.05) is 17.8 Å². The van der Waals surface area contributed by atoms with Crippen LogP contribution in [0.15, 0.2) is 30.7 Å². The lowest BCUT2D eigenvalue weighted by atomic mass is 10.1. The van der Waals surface area contributed by atoms with E-state index in [1.54, 1.807) is 12.5 Å². The monoisotopic (exact) mass is 310 g/mol. The maximum atomic E-state index is 10.9. The number of hydrogen-bond acceptors (Lipinski definition) is 2. The first-order chi connectivity index (χ1) is 9.54. The van der Waals surface area contributed by atoms with Crippen molar-refractivity contribution >= 4 is 29.2 Å². The summed E-state index contributed by atoms with van der Waals surface area (Å²) in [6, 6.07) is 5.76. The summed E-state index contributed by atoms with van der Waals surface area (Å²) in [7, 11) is 0. The van der Waals surface area contributed by atoms with Gasteiger partial charge in [-0.3, -0.25) is 4.79 Å². The van der Waals surface area contributed by atoms with Gasteiger partial charge in [-0.15, -0.1) is 0 Å². The van der Waals surface area contributed by atoms with Crippen LogP contribution in [0.3, 0.4) is 0 Å². The van der Waals surface area contributed by atoms with Crippen molar-refractivity contribution in [3.63, 3.8) is 0 Å². The molecule has 0 spiro atoms. The summed E-state index contributed by atoms with van der Waals surface area (Å²) in [6.07, 6.45) is 4.07. The summed E-state index contributed by atoms with van der Waals surface area (Å²) in [5.74, 6) is -0.981. The molecule has 0 unspecified atom stereocenters. The van der Waals surface area contributed by atoms with Crippen LogP contribution in [0, 0.1) is 5.92 Å². The Morgan fingerprint density at radius 2 is 2.25 bits per heavy atom. The van der Waals surface area contributed by atoms with Crippen molar-refractivity contribution in [2.45, 2.75) is 18.9 Å². The standard InChI is InChI=1S/C14H12Cl2N2O2/c15-12-3-8(5-18-6-13(16)17-7-18)1-2-9(12)10-4-11(10)14(19)20/h1-3,6-7,10-11H,4-5H2,(H,19,20)/t10-,11+/m1/s1. The Balaban J connectivity index is 1.76. The molecule has 1 N–H and O–H groups in total. The van der Waals surface area contributed by atoms with Gasteiger partial charge in [-0.05, 0) is 29.5 Å². The summed E-state index contributed by atoms with van der Waals surface area (Å²) in [5.41, 5.74) is 1.95. The van der Waals surface area contributed by atoms with Crippen molar-refractivity contribution in [3.8, 4) is 0 Å². The second kappa shape index (κ2) is 5.11. The number of carboxylic acid groups (broad SMARTS) is 1. The number of carbonyl (C=O) groups is 1. The van der Waals surface area contributed by atoms with E-state index in [1.165, 1.54) is 0 Å². The lowest BCUT2D eigenvalue weighted by Crippen LogP contribution is -2.00. The average Bonchev–Trinajstić information content (AvgIpc) is 3.07. The maximum absolute atomic E-state index is 10.9. The van der Waals surface area contributed by atoms with E-state index in [0.29, 0.717) is 23.1 Å². The van der Waals surface area contributed by atoms with Gasteiger partial charge in [-0.25, -0.2) is 4.98 Å². The number of halogens is 2. The molecule has 0 radical (unpaired) electrons. The summed E-state index contributed by atoms with van der Waals surface area (Å²) < 4.78 is 1.87. The van der Waals surface area contributed by atoms with Crippen molar-refractivity contribution in [1.29, 1.82) is 0 Å². The Morgan fingerprint density at radius 3 is 2.80 bits per heavy atom. The second-order valence-electron chi connectivity index (χ2n) is 5.01. The largest absolute Gasteiger partial charge is 0.481 e. The number of aliphatic carboxylic acids is 1. The zero-order valence-electron chi connectivity index (χ0n) is 10.5. The predicted molar refractivity (Wildman–Crippen MR) is 76.3 cm³/mol. The van der Waals surface area contributed by atoms with Crippen LogP contribution >= 0.6 is 23.2 Å². The van der Waals surface area contributed by atoms with Crippen LogP contribution in [0.25, 0.3) is 0 Å². The van der Waals surface area contributed by atoms with Gasteiger partial charge >= 0.3 is 5.97 Å². The molecule has 0 amide bonds. The molecule has 0 saturated heterocycles. The van der Waals surface area contributed by atoms with Crippen molar-refractivity contribution in [3.05, 3.63) is 52.0 Å². The Kier molecular flexibility index (Phi) is 3.44. The maximum Gasteiger partial charge on any atom is 0.307 e. The van der Waals surface area contributed by atoms with Crippen molar-refractivity contribution < 1.29 is 9.90 Å². The Morgan fingerprint density at radius 1 is 1.45 bits per heavy atom. The van der Waals surface area contributed by atoms with Gasteiger partial charge in [-0.1, -0.05) is 35.3 Å². The number of aromatic nitrogens is 2. The van der Waals surface area contributed by atoms with Crippen LogP contribution in [0.1, 0.15) is 23.5 Å². The first-order valence-electron chi connectivity index (χ1n) is 6.23. The van der Waals surface area contributed by atoms with E-state index in [-0.39, 0.29) is 11.8 Å². The molecule has 6 heteroatoms. The van der Waals surface area contributed by atoms with Gasteiger partial charge in [0.05, 0.1) is 12.2 Å². The number of carboxylic acids is 1. The van der Waals surface area contributed by atoms with Crippen molar-refractivity contribution in [1.82, 2.24) is 9.55 Å². The van der Waals surface area contributed by atoms with Gasteiger partial charge in [-0.2, -0.15) is 0 Å². The highest BCUT2D eigenvalue weighted by molar-refractivity contribution is 6.31. The average molecular weight is 311 g/mol. The first-order valence-corrected chi connectivity index (χ1v) is 6.98. The number of benzene rings is 1. The third-order valence-corrected chi connectivity index (χ3v) is 4.06. The topological polar surface area (TPSA) is 55.1 Å². The molecule has 2 aromatic rings. The highest BCUT2D eigenvalue weighted by atomic mass is 35.5. The SMILES string of the molecule is O=C(O)[C@H]1C[C@@H]1c1ccc(Cn2cnc(Cl)c2)cc1Cl. The Bertz CT molecular complexity index is 669. The quantitative estimate of drug-likeness (QED) is 0.941. The minimum atomic E-state index is -0.747. The van der Waals surface area contributed by atoms with E-state index in [2.05, 4.69) is 4.98 Å². The highest BCUT2D eigenvalue weighted by Crippen LogP contribution is 2.49. The van der Waals surface area contributed by atoms with E-state index < -0.39 is 5.97 Å². The van der Waals surface area contributed by atoms with Gasteiger partial charge in [0.25, 0.3) is 0 Å². The summed E-state index contributed by atoms with van der Waals surface area (Å²) in [4.78, 5) is 14.9. The third-order valence-electron chi connectivity index (χ3n) is 3.54. The molecular formula is C14H12Cl2N2O2. The molecule has 20 heavy (non-hydrogen) atoms.